The molecule has 1 atom stereocenters. The van der Waals surface area contributed by atoms with Crippen molar-refractivity contribution in [3.8, 4) is 5.75 Å². The van der Waals surface area contributed by atoms with Gasteiger partial charge in [0, 0.05) is 6.61 Å². The summed E-state index contributed by atoms with van der Waals surface area (Å²) in [6.45, 7) is 7.44. The number of hydrogen-bond acceptors (Lipinski definition) is 4. The van der Waals surface area contributed by atoms with Gasteiger partial charge < -0.3 is 14.2 Å². The molecule has 0 fully saturated rings. The highest BCUT2D eigenvalue weighted by atomic mass is 16.7. The molecule has 0 saturated heterocycles. The zero-order valence-electron chi connectivity index (χ0n) is 10.0. The van der Waals surface area contributed by atoms with Crippen molar-refractivity contribution in [1.29, 1.82) is 0 Å². The lowest BCUT2D eigenvalue weighted by atomic mass is 10.3. The molecule has 0 saturated carbocycles. The van der Waals surface area contributed by atoms with Crippen LogP contribution >= 0.6 is 0 Å². The van der Waals surface area contributed by atoms with Gasteiger partial charge in [0.25, 0.3) is 0 Å². The number of benzene rings is 1. The quantitative estimate of drug-likeness (QED) is 0.329. The Kier molecular flexibility index (Phi) is 5.23. The minimum Gasteiger partial charge on any atom is -0.450 e. The van der Waals surface area contributed by atoms with Crippen LogP contribution in [0.1, 0.15) is 13.8 Å². The van der Waals surface area contributed by atoms with Crippen LogP contribution in [0.2, 0.25) is 0 Å². The van der Waals surface area contributed by atoms with Crippen LogP contribution in [0.3, 0.4) is 0 Å². The highest BCUT2D eigenvalue weighted by molar-refractivity contribution is 5.86. The summed E-state index contributed by atoms with van der Waals surface area (Å²) >= 11 is 0. The third kappa shape index (κ3) is 4.70. The van der Waals surface area contributed by atoms with Crippen LogP contribution in [0, 0.1) is 0 Å². The van der Waals surface area contributed by atoms with E-state index >= 15 is 0 Å². The van der Waals surface area contributed by atoms with Crippen molar-refractivity contribution in [3.63, 3.8) is 0 Å². The number of ether oxygens (including phenoxy) is 3. The summed E-state index contributed by atoms with van der Waals surface area (Å²) < 4.78 is 15.2. The number of carbonyl (C=O) groups excluding carboxylic acids is 1. The molecular formula is C13H16O4. The van der Waals surface area contributed by atoms with Crippen LogP contribution in [0.4, 0.5) is 0 Å². The summed E-state index contributed by atoms with van der Waals surface area (Å²) in [5.41, 5.74) is 0. The van der Waals surface area contributed by atoms with E-state index in [0.29, 0.717) is 12.4 Å². The van der Waals surface area contributed by atoms with Gasteiger partial charge in [-0.05, 0) is 32.6 Å². The van der Waals surface area contributed by atoms with Crippen molar-refractivity contribution >= 4 is 5.97 Å². The maximum Gasteiger partial charge on any atom is 0.375 e. The van der Waals surface area contributed by atoms with Crippen LogP contribution in [0.5, 0.6) is 5.75 Å². The molecule has 17 heavy (non-hydrogen) atoms. The highest BCUT2D eigenvalue weighted by Gasteiger charge is 2.14. The second-order valence-corrected chi connectivity index (χ2v) is 3.27. The van der Waals surface area contributed by atoms with Gasteiger partial charge in [-0.2, -0.15) is 0 Å². The lowest BCUT2D eigenvalue weighted by Crippen LogP contribution is -2.21. The van der Waals surface area contributed by atoms with Gasteiger partial charge in [0.1, 0.15) is 5.75 Å². The Hall–Kier alpha value is -1.81. The van der Waals surface area contributed by atoms with Gasteiger partial charge in [-0.1, -0.05) is 18.2 Å². The third-order valence-corrected chi connectivity index (χ3v) is 1.89. The maximum atomic E-state index is 11.5. The van der Waals surface area contributed by atoms with Crippen molar-refractivity contribution in [2.24, 2.45) is 0 Å². The van der Waals surface area contributed by atoms with E-state index < -0.39 is 12.3 Å². The van der Waals surface area contributed by atoms with Gasteiger partial charge >= 0.3 is 5.97 Å². The molecule has 0 N–H and O–H groups in total. The van der Waals surface area contributed by atoms with Crippen molar-refractivity contribution in [2.45, 2.75) is 20.1 Å². The van der Waals surface area contributed by atoms with E-state index in [1.54, 1.807) is 31.2 Å². The normalized spacial score (nSPS) is 11.6. The lowest BCUT2D eigenvalue weighted by Gasteiger charge is -2.14. The number of hydrogen-bond donors (Lipinski definition) is 0. The number of para-hydroxylation sites is 1. The Labute approximate surface area is 101 Å². The maximum absolute atomic E-state index is 11.5. The average molecular weight is 236 g/mol. The predicted octanol–water partition coefficient (Wildman–Crippen LogP) is 2.50. The van der Waals surface area contributed by atoms with Gasteiger partial charge in [0.05, 0.1) is 0 Å². The Morgan fingerprint density at radius 3 is 2.59 bits per heavy atom. The Morgan fingerprint density at radius 1 is 1.35 bits per heavy atom. The molecule has 4 nitrogen and oxygen atoms in total. The summed E-state index contributed by atoms with van der Waals surface area (Å²) in [6.07, 6.45) is -0.608. The fourth-order valence-corrected chi connectivity index (χ4v) is 1.16. The first-order valence-corrected chi connectivity index (χ1v) is 5.38. The molecule has 0 bridgehead atoms. The van der Waals surface area contributed by atoms with Crippen molar-refractivity contribution in [3.05, 3.63) is 42.7 Å². The SMILES string of the molecule is C=C(Oc1ccccc1)C(=O)OC(C)OCC. The summed E-state index contributed by atoms with van der Waals surface area (Å²) in [7, 11) is 0. The standard InChI is InChI=1S/C13H16O4/c1-4-15-11(3)17-13(14)10(2)16-12-8-6-5-7-9-12/h5-9,11H,2,4H2,1,3H3. The minimum absolute atomic E-state index is 0.0669. The molecule has 0 aliphatic carbocycles. The molecule has 0 aliphatic rings. The molecule has 1 aromatic rings. The highest BCUT2D eigenvalue weighted by Crippen LogP contribution is 2.13. The molecule has 0 aromatic heterocycles. The number of esters is 1. The molecule has 0 amide bonds. The number of carbonyl (C=O) groups is 1. The second kappa shape index (κ2) is 6.70. The van der Waals surface area contributed by atoms with E-state index in [9.17, 15) is 4.79 Å². The largest absolute Gasteiger partial charge is 0.450 e. The van der Waals surface area contributed by atoms with Gasteiger partial charge in [0.2, 0.25) is 12.0 Å². The van der Waals surface area contributed by atoms with E-state index in [2.05, 4.69) is 6.58 Å². The molecule has 0 spiro atoms. The van der Waals surface area contributed by atoms with Crippen LogP contribution < -0.4 is 4.74 Å². The monoisotopic (exact) mass is 236 g/mol. The molecule has 1 aromatic carbocycles. The van der Waals surface area contributed by atoms with Crippen molar-refractivity contribution < 1.29 is 19.0 Å². The first kappa shape index (κ1) is 13.3. The summed E-state index contributed by atoms with van der Waals surface area (Å²) in [4.78, 5) is 11.5. The van der Waals surface area contributed by atoms with E-state index in [0.717, 1.165) is 0 Å². The molecule has 0 radical (unpaired) electrons. The fourth-order valence-electron chi connectivity index (χ4n) is 1.16. The van der Waals surface area contributed by atoms with Crippen molar-refractivity contribution in [2.75, 3.05) is 6.61 Å². The van der Waals surface area contributed by atoms with Crippen molar-refractivity contribution in [1.82, 2.24) is 0 Å². The van der Waals surface area contributed by atoms with Crippen LogP contribution in [-0.2, 0) is 14.3 Å². The van der Waals surface area contributed by atoms with E-state index in [4.69, 9.17) is 14.2 Å². The molecule has 4 heteroatoms. The number of rotatable bonds is 6. The van der Waals surface area contributed by atoms with E-state index in [-0.39, 0.29) is 5.76 Å². The third-order valence-electron chi connectivity index (χ3n) is 1.89. The Morgan fingerprint density at radius 2 is 2.00 bits per heavy atom. The topological polar surface area (TPSA) is 44.8 Å². The fraction of sp³-hybridized carbons (Fsp3) is 0.308. The predicted molar refractivity (Wildman–Crippen MR) is 63.4 cm³/mol. The van der Waals surface area contributed by atoms with Gasteiger partial charge in [0.15, 0.2) is 0 Å². The molecule has 92 valence electrons. The molecule has 1 rings (SSSR count). The smallest absolute Gasteiger partial charge is 0.375 e. The summed E-state index contributed by atoms with van der Waals surface area (Å²) in [6, 6.07) is 8.91. The van der Waals surface area contributed by atoms with Gasteiger partial charge in [-0.3, -0.25) is 0 Å². The Balaban J connectivity index is 2.45. The van der Waals surface area contributed by atoms with Crippen LogP contribution in [-0.4, -0.2) is 18.9 Å². The minimum atomic E-state index is -0.630. The van der Waals surface area contributed by atoms with Gasteiger partial charge in [-0.25, -0.2) is 4.79 Å². The average Bonchev–Trinajstić information content (AvgIpc) is 2.30. The van der Waals surface area contributed by atoms with Crippen LogP contribution in [0.15, 0.2) is 42.7 Å². The molecular weight excluding hydrogens is 220 g/mol. The van der Waals surface area contributed by atoms with E-state index in [1.165, 1.54) is 0 Å². The molecule has 0 heterocycles. The second-order valence-electron chi connectivity index (χ2n) is 3.27. The first-order valence-electron chi connectivity index (χ1n) is 5.38. The van der Waals surface area contributed by atoms with E-state index in [1.807, 2.05) is 13.0 Å². The summed E-state index contributed by atoms with van der Waals surface area (Å²) in [5.74, 6) is -0.156. The lowest BCUT2D eigenvalue weighted by molar-refractivity contribution is -0.171. The first-order chi connectivity index (χ1) is 8.13. The zero-order chi connectivity index (χ0) is 12.7. The van der Waals surface area contributed by atoms with Gasteiger partial charge in [-0.15, -0.1) is 0 Å². The molecule has 0 aliphatic heterocycles. The zero-order valence-corrected chi connectivity index (χ0v) is 10.0. The van der Waals surface area contributed by atoms with Crippen LogP contribution in [0.25, 0.3) is 0 Å². The Bertz CT molecular complexity index is 372. The summed E-state index contributed by atoms with van der Waals surface area (Å²) in [5, 5.41) is 0. The molecule has 1 unspecified atom stereocenters.